The number of para-hydroxylation sites is 2. The Morgan fingerprint density at radius 2 is 1.56 bits per heavy atom. The summed E-state index contributed by atoms with van der Waals surface area (Å²) in [7, 11) is 0. The van der Waals surface area contributed by atoms with E-state index in [4.69, 9.17) is 0 Å². The zero-order valence-corrected chi connectivity index (χ0v) is 16.0. The summed E-state index contributed by atoms with van der Waals surface area (Å²) in [5, 5.41) is 1.09. The second-order valence-corrected chi connectivity index (χ2v) is 8.86. The van der Waals surface area contributed by atoms with E-state index in [0.717, 1.165) is 11.0 Å². The Morgan fingerprint density at radius 3 is 2.36 bits per heavy atom. The number of benzene rings is 3. The fraction of sp³-hybridized carbons (Fsp3) is 0.136. The second-order valence-electron chi connectivity index (χ2n) is 6.36. The number of anilines is 1. The molecule has 0 aliphatic carbocycles. The first-order chi connectivity index (χ1) is 12.2. The van der Waals surface area contributed by atoms with Crippen LogP contribution in [0.15, 0.2) is 83.9 Å². The smallest absolute Gasteiger partial charge is 0.412 e. The van der Waals surface area contributed by atoms with Crippen LogP contribution in [0.1, 0.15) is 16.7 Å². The number of hydrogen-bond donors (Lipinski definition) is 1. The molecule has 3 heteroatoms. The van der Waals surface area contributed by atoms with E-state index in [0.29, 0.717) is 0 Å². The molecule has 3 rings (SSSR count). The van der Waals surface area contributed by atoms with Crippen molar-refractivity contribution in [1.82, 2.24) is 0 Å². The third-order valence-corrected chi connectivity index (χ3v) is 6.09. The molecule has 0 fully saturated rings. The molecule has 0 aliphatic heterocycles. The lowest BCUT2D eigenvalue weighted by Gasteiger charge is -2.14. The second kappa shape index (κ2) is 8.67. The average Bonchev–Trinajstić information content (AvgIpc) is 2.64. The van der Waals surface area contributed by atoms with E-state index >= 15 is 0 Å². The highest BCUT2D eigenvalue weighted by molar-refractivity contribution is 6.60. The SMILES string of the molecule is Cc1ccccc1[NH][Al]([CH3])[CH2]c1ccccc1C=Nc1ccccc1. The molecule has 0 aromatic heterocycles. The van der Waals surface area contributed by atoms with Crippen LogP contribution in [0, 0.1) is 6.92 Å². The van der Waals surface area contributed by atoms with Crippen molar-refractivity contribution in [2.45, 2.75) is 18.0 Å². The van der Waals surface area contributed by atoms with Gasteiger partial charge in [0.2, 0.25) is 0 Å². The molecule has 0 bridgehead atoms. The van der Waals surface area contributed by atoms with Crippen LogP contribution < -0.4 is 4.30 Å². The standard InChI is InChI=1S/C14H12N.C7H8N.CH3.Al/c1-12-7-5-6-8-13(12)11-15-14-9-3-2-4-10-14;1-6-4-2-3-5-7(6)8;;/h2-11H,1H2;2-5,8H,1H3;1H3;/q;-1;;+1. The van der Waals surface area contributed by atoms with Crippen molar-refractivity contribution in [2.75, 3.05) is 4.30 Å². The molecule has 0 saturated carbocycles. The number of nitrogens with one attached hydrogen (secondary N) is 1. The van der Waals surface area contributed by atoms with Gasteiger partial charge in [-0.3, -0.25) is 4.99 Å². The predicted octanol–water partition coefficient (Wildman–Crippen LogP) is 5.56. The van der Waals surface area contributed by atoms with Gasteiger partial charge in [-0.15, -0.1) is 0 Å². The van der Waals surface area contributed by atoms with Gasteiger partial charge >= 0.3 is 14.4 Å². The fourth-order valence-electron chi connectivity index (χ4n) is 2.89. The number of aryl methyl sites for hydroxylation is 1. The van der Waals surface area contributed by atoms with Crippen LogP contribution in [0.25, 0.3) is 0 Å². The van der Waals surface area contributed by atoms with Crippen LogP contribution in [0.3, 0.4) is 0 Å². The number of aliphatic imine (C=N–C) groups is 1. The molecule has 0 radical (unpaired) electrons. The van der Waals surface area contributed by atoms with Crippen molar-refractivity contribution in [3.63, 3.8) is 0 Å². The highest BCUT2D eigenvalue weighted by atomic mass is 27.2. The summed E-state index contributed by atoms with van der Waals surface area (Å²) in [6.07, 6.45) is 1.99. The molecule has 2 nitrogen and oxygen atoms in total. The van der Waals surface area contributed by atoms with Crippen molar-refractivity contribution in [1.29, 1.82) is 0 Å². The van der Waals surface area contributed by atoms with E-state index in [1.165, 1.54) is 22.4 Å². The fourth-order valence-corrected chi connectivity index (χ4v) is 4.87. The maximum atomic E-state index is 4.61. The van der Waals surface area contributed by atoms with Gasteiger partial charge in [0.05, 0.1) is 5.69 Å². The molecule has 3 aromatic carbocycles. The van der Waals surface area contributed by atoms with E-state index in [9.17, 15) is 0 Å². The first-order valence-corrected chi connectivity index (χ1v) is 11.3. The van der Waals surface area contributed by atoms with Gasteiger partial charge in [0.1, 0.15) is 0 Å². The van der Waals surface area contributed by atoms with E-state index < -0.39 is 14.4 Å². The average molecular weight is 342 g/mol. The van der Waals surface area contributed by atoms with Crippen molar-refractivity contribution in [3.8, 4) is 0 Å². The first kappa shape index (κ1) is 17.5. The molecule has 0 heterocycles. The Morgan fingerprint density at radius 1 is 0.880 bits per heavy atom. The predicted molar refractivity (Wildman–Crippen MR) is 110 cm³/mol. The monoisotopic (exact) mass is 342 g/mol. The van der Waals surface area contributed by atoms with Gasteiger partial charge in [-0.05, 0) is 41.5 Å². The van der Waals surface area contributed by atoms with E-state index in [-0.39, 0.29) is 0 Å². The molecular weight excluding hydrogens is 319 g/mol. The first-order valence-electron chi connectivity index (χ1n) is 8.71. The molecule has 0 atom stereocenters. The van der Waals surface area contributed by atoms with Crippen molar-refractivity contribution in [3.05, 3.63) is 95.6 Å². The topological polar surface area (TPSA) is 24.4 Å². The lowest BCUT2D eigenvalue weighted by molar-refractivity contribution is 1.32. The Labute approximate surface area is 154 Å². The van der Waals surface area contributed by atoms with Crippen LogP contribution >= 0.6 is 0 Å². The summed E-state index contributed by atoms with van der Waals surface area (Å²) in [5.41, 5.74) is 6.12. The zero-order chi connectivity index (χ0) is 17.5. The number of rotatable bonds is 6. The Hall–Kier alpha value is -2.34. The normalized spacial score (nSPS) is 10.8. The minimum atomic E-state index is -1.12. The van der Waals surface area contributed by atoms with Crippen molar-refractivity contribution < 1.29 is 0 Å². The molecule has 0 spiro atoms. The van der Waals surface area contributed by atoms with Crippen LogP contribution in [0.2, 0.25) is 5.79 Å². The third kappa shape index (κ3) is 5.07. The number of nitrogens with zero attached hydrogens (tertiary/aromatic N) is 1. The van der Waals surface area contributed by atoms with E-state index in [2.05, 4.69) is 70.5 Å². The van der Waals surface area contributed by atoms with Gasteiger partial charge in [0, 0.05) is 11.9 Å². The largest absolute Gasteiger partial charge is 0.476 e. The van der Waals surface area contributed by atoms with Gasteiger partial charge in [0.25, 0.3) is 0 Å². The molecule has 124 valence electrons. The van der Waals surface area contributed by atoms with Gasteiger partial charge in [-0.2, -0.15) is 0 Å². The molecule has 3 aromatic rings. The van der Waals surface area contributed by atoms with Crippen molar-refractivity contribution in [2.24, 2.45) is 4.99 Å². The maximum Gasteiger partial charge on any atom is 0.412 e. The molecule has 0 unspecified atom stereocenters. The Balaban J connectivity index is 1.72. The van der Waals surface area contributed by atoms with E-state index in [1.807, 2.05) is 36.5 Å². The maximum absolute atomic E-state index is 4.61. The van der Waals surface area contributed by atoms with Gasteiger partial charge < -0.3 is 4.30 Å². The summed E-state index contributed by atoms with van der Waals surface area (Å²) < 4.78 is 3.75. The van der Waals surface area contributed by atoms with Gasteiger partial charge in [0.15, 0.2) is 0 Å². The minimum Gasteiger partial charge on any atom is -0.476 e. The van der Waals surface area contributed by atoms with Crippen LogP contribution in [0.5, 0.6) is 0 Å². The zero-order valence-electron chi connectivity index (χ0n) is 14.8. The molecule has 0 aliphatic rings. The molecule has 1 N–H and O–H groups in total. The molecule has 0 saturated heterocycles. The summed E-state index contributed by atoms with van der Waals surface area (Å²) in [6.45, 7) is 2.16. The van der Waals surface area contributed by atoms with Gasteiger partial charge in [-0.25, -0.2) is 0 Å². The van der Waals surface area contributed by atoms with Crippen LogP contribution in [-0.4, -0.2) is 20.6 Å². The summed E-state index contributed by atoms with van der Waals surface area (Å²) in [6, 6.07) is 27.2. The Kier molecular flexibility index (Phi) is 6.06. The van der Waals surface area contributed by atoms with Crippen LogP contribution in [-0.2, 0) is 5.28 Å². The third-order valence-electron chi connectivity index (χ3n) is 4.24. The summed E-state index contributed by atoms with van der Waals surface area (Å²) in [5.74, 6) is 2.36. The van der Waals surface area contributed by atoms with Crippen molar-refractivity contribution >= 4 is 32.0 Å². The minimum absolute atomic E-state index is 0.987. The lowest BCUT2D eigenvalue weighted by atomic mass is 10.1. The number of hydrogen-bond acceptors (Lipinski definition) is 2. The quantitative estimate of drug-likeness (QED) is 0.460. The molecular formula is C22H23AlN2. The summed E-state index contributed by atoms with van der Waals surface area (Å²) >= 11 is -1.12. The summed E-state index contributed by atoms with van der Waals surface area (Å²) in [4.78, 5) is 4.61. The Bertz CT molecular complexity index is 843. The lowest BCUT2D eigenvalue weighted by Crippen LogP contribution is -2.25. The van der Waals surface area contributed by atoms with Crippen LogP contribution in [0.4, 0.5) is 11.4 Å². The highest BCUT2D eigenvalue weighted by Gasteiger charge is 2.15. The molecule has 0 amide bonds. The van der Waals surface area contributed by atoms with E-state index in [1.54, 1.807) is 0 Å². The van der Waals surface area contributed by atoms with Gasteiger partial charge in [-0.1, -0.05) is 72.0 Å². The highest BCUT2D eigenvalue weighted by Crippen LogP contribution is 2.17. The molecule has 25 heavy (non-hydrogen) atoms.